The zero-order valence-electron chi connectivity index (χ0n) is 13.2. The molecule has 0 bridgehead atoms. The summed E-state index contributed by atoms with van der Waals surface area (Å²) in [7, 11) is 0. The van der Waals surface area contributed by atoms with Crippen molar-refractivity contribution in [2.24, 2.45) is 11.8 Å². The summed E-state index contributed by atoms with van der Waals surface area (Å²) in [6, 6.07) is 1.59. The highest BCUT2D eigenvalue weighted by molar-refractivity contribution is 4.88. The van der Waals surface area contributed by atoms with E-state index >= 15 is 0 Å². The summed E-state index contributed by atoms with van der Waals surface area (Å²) in [5.74, 6) is 1.64. The standard InChI is InChI=1S/C16H34N2/c1-13(2)8-10-17-12-15(5)18(16-6-7-16)11-9-14(3)4/h13-17H,6-12H2,1-5H3. The summed E-state index contributed by atoms with van der Waals surface area (Å²) in [4.78, 5) is 2.74. The van der Waals surface area contributed by atoms with Crippen molar-refractivity contribution in [1.29, 1.82) is 0 Å². The molecule has 1 N–H and O–H groups in total. The van der Waals surface area contributed by atoms with E-state index in [4.69, 9.17) is 0 Å². The van der Waals surface area contributed by atoms with E-state index in [9.17, 15) is 0 Å². The molecule has 2 nitrogen and oxygen atoms in total. The van der Waals surface area contributed by atoms with Crippen molar-refractivity contribution in [2.75, 3.05) is 19.6 Å². The minimum absolute atomic E-state index is 0.698. The van der Waals surface area contributed by atoms with Crippen LogP contribution in [0.1, 0.15) is 60.3 Å². The number of nitrogens with one attached hydrogen (secondary N) is 1. The number of hydrogen-bond acceptors (Lipinski definition) is 2. The molecule has 1 saturated carbocycles. The molecule has 1 aliphatic rings. The Bertz CT molecular complexity index is 209. The third kappa shape index (κ3) is 6.75. The Kier molecular flexibility index (Phi) is 7.25. The maximum Gasteiger partial charge on any atom is 0.0195 e. The van der Waals surface area contributed by atoms with E-state index in [0.717, 1.165) is 24.4 Å². The summed E-state index contributed by atoms with van der Waals surface area (Å²) in [5.41, 5.74) is 0. The van der Waals surface area contributed by atoms with E-state index in [1.54, 1.807) is 0 Å². The summed E-state index contributed by atoms with van der Waals surface area (Å²) >= 11 is 0. The second-order valence-corrected chi connectivity index (χ2v) is 6.89. The molecule has 0 aromatic rings. The first-order chi connectivity index (χ1) is 8.50. The van der Waals surface area contributed by atoms with Gasteiger partial charge in [-0.15, -0.1) is 0 Å². The van der Waals surface area contributed by atoms with Gasteiger partial charge >= 0.3 is 0 Å². The van der Waals surface area contributed by atoms with Gasteiger partial charge in [0.2, 0.25) is 0 Å². The number of nitrogens with zero attached hydrogens (tertiary/aromatic N) is 1. The molecule has 0 heterocycles. The van der Waals surface area contributed by atoms with E-state index in [1.807, 2.05) is 0 Å². The van der Waals surface area contributed by atoms with E-state index in [2.05, 4.69) is 44.8 Å². The van der Waals surface area contributed by atoms with Gasteiger partial charge in [0.25, 0.3) is 0 Å². The average Bonchev–Trinajstić information content (AvgIpc) is 3.08. The van der Waals surface area contributed by atoms with Gasteiger partial charge in [-0.25, -0.2) is 0 Å². The molecule has 2 heteroatoms. The first kappa shape index (κ1) is 16.0. The van der Waals surface area contributed by atoms with Crippen LogP contribution in [-0.4, -0.2) is 36.6 Å². The molecular weight excluding hydrogens is 220 g/mol. The molecule has 0 saturated heterocycles. The highest BCUT2D eigenvalue weighted by Crippen LogP contribution is 2.29. The van der Waals surface area contributed by atoms with Crippen LogP contribution < -0.4 is 5.32 Å². The smallest absolute Gasteiger partial charge is 0.0195 e. The molecule has 108 valence electrons. The molecule has 1 unspecified atom stereocenters. The van der Waals surface area contributed by atoms with Crippen LogP contribution in [0, 0.1) is 11.8 Å². The Morgan fingerprint density at radius 3 is 2.11 bits per heavy atom. The van der Waals surface area contributed by atoms with Crippen LogP contribution in [0.4, 0.5) is 0 Å². The Morgan fingerprint density at radius 2 is 1.61 bits per heavy atom. The van der Waals surface area contributed by atoms with E-state index in [1.165, 1.54) is 38.8 Å². The van der Waals surface area contributed by atoms with Crippen LogP contribution in [0.15, 0.2) is 0 Å². The second kappa shape index (κ2) is 8.16. The lowest BCUT2D eigenvalue weighted by Crippen LogP contribution is -2.42. The van der Waals surface area contributed by atoms with Crippen molar-refractivity contribution in [2.45, 2.75) is 72.4 Å². The molecule has 0 spiro atoms. The predicted molar refractivity (Wildman–Crippen MR) is 81.0 cm³/mol. The quantitative estimate of drug-likeness (QED) is 0.600. The van der Waals surface area contributed by atoms with Crippen molar-refractivity contribution in [1.82, 2.24) is 10.2 Å². The number of hydrogen-bond donors (Lipinski definition) is 1. The molecule has 1 aliphatic carbocycles. The monoisotopic (exact) mass is 254 g/mol. The minimum atomic E-state index is 0.698. The van der Waals surface area contributed by atoms with Gasteiger partial charge in [0, 0.05) is 18.6 Å². The third-order valence-electron chi connectivity index (χ3n) is 3.88. The highest BCUT2D eigenvalue weighted by atomic mass is 15.2. The van der Waals surface area contributed by atoms with Crippen LogP contribution >= 0.6 is 0 Å². The maximum atomic E-state index is 3.63. The Labute approximate surface area is 115 Å². The minimum Gasteiger partial charge on any atom is -0.315 e. The summed E-state index contributed by atoms with van der Waals surface area (Å²) < 4.78 is 0. The van der Waals surface area contributed by atoms with Crippen LogP contribution in [0.3, 0.4) is 0 Å². The first-order valence-corrected chi connectivity index (χ1v) is 7.97. The fourth-order valence-corrected chi connectivity index (χ4v) is 2.40. The largest absolute Gasteiger partial charge is 0.315 e. The van der Waals surface area contributed by atoms with Gasteiger partial charge in [-0.3, -0.25) is 4.90 Å². The van der Waals surface area contributed by atoms with Crippen molar-refractivity contribution < 1.29 is 0 Å². The van der Waals surface area contributed by atoms with E-state index < -0.39 is 0 Å². The lowest BCUT2D eigenvalue weighted by atomic mass is 10.1. The summed E-state index contributed by atoms with van der Waals surface area (Å²) in [6.45, 7) is 15.3. The van der Waals surface area contributed by atoms with Gasteiger partial charge in [-0.1, -0.05) is 27.7 Å². The van der Waals surface area contributed by atoms with Gasteiger partial charge in [0.15, 0.2) is 0 Å². The maximum absolute atomic E-state index is 3.63. The third-order valence-corrected chi connectivity index (χ3v) is 3.88. The molecular formula is C16H34N2. The Hall–Kier alpha value is -0.0800. The molecule has 18 heavy (non-hydrogen) atoms. The van der Waals surface area contributed by atoms with Crippen molar-refractivity contribution in [3.05, 3.63) is 0 Å². The molecule has 1 rings (SSSR count). The molecule has 0 aromatic heterocycles. The van der Waals surface area contributed by atoms with Gasteiger partial charge < -0.3 is 5.32 Å². The number of rotatable bonds is 10. The van der Waals surface area contributed by atoms with Gasteiger partial charge in [-0.2, -0.15) is 0 Å². The predicted octanol–water partition coefficient (Wildman–Crippen LogP) is 3.52. The lowest BCUT2D eigenvalue weighted by Gasteiger charge is -2.30. The summed E-state index contributed by atoms with van der Waals surface area (Å²) in [5, 5.41) is 3.63. The molecule has 1 atom stereocenters. The summed E-state index contributed by atoms with van der Waals surface area (Å²) in [6.07, 6.45) is 5.48. The van der Waals surface area contributed by atoms with Crippen molar-refractivity contribution in [3.63, 3.8) is 0 Å². The molecule has 1 fully saturated rings. The Balaban J connectivity index is 2.20. The van der Waals surface area contributed by atoms with Crippen molar-refractivity contribution in [3.8, 4) is 0 Å². The molecule has 0 aromatic carbocycles. The second-order valence-electron chi connectivity index (χ2n) is 6.89. The lowest BCUT2D eigenvalue weighted by molar-refractivity contribution is 0.183. The fourth-order valence-electron chi connectivity index (χ4n) is 2.40. The van der Waals surface area contributed by atoms with Gasteiger partial charge in [0.1, 0.15) is 0 Å². The Morgan fingerprint density at radius 1 is 1.00 bits per heavy atom. The highest BCUT2D eigenvalue weighted by Gasteiger charge is 2.31. The topological polar surface area (TPSA) is 15.3 Å². The zero-order valence-corrected chi connectivity index (χ0v) is 13.2. The van der Waals surface area contributed by atoms with Gasteiger partial charge in [0.05, 0.1) is 0 Å². The normalized spacial score (nSPS) is 18.0. The molecule has 0 aliphatic heterocycles. The van der Waals surface area contributed by atoms with Crippen LogP contribution in [-0.2, 0) is 0 Å². The van der Waals surface area contributed by atoms with Crippen molar-refractivity contribution >= 4 is 0 Å². The molecule has 0 amide bonds. The van der Waals surface area contributed by atoms with Crippen LogP contribution in [0.25, 0.3) is 0 Å². The van der Waals surface area contributed by atoms with E-state index in [-0.39, 0.29) is 0 Å². The van der Waals surface area contributed by atoms with Crippen LogP contribution in [0.5, 0.6) is 0 Å². The van der Waals surface area contributed by atoms with Crippen LogP contribution in [0.2, 0.25) is 0 Å². The average molecular weight is 254 g/mol. The fraction of sp³-hybridized carbons (Fsp3) is 1.00. The van der Waals surface area contributed by atoms with E-state index in [0.29, 0.717) is 6.04 Å². The first-order valence-electron chi connectivity index (χ1n) is 7.97. The van der Waals surface area contributed by atoms with Gasteiger partial charge in [-0.05, 0) is 57.5 Å². The SMILES string of the molecule is CC(C)CCNCC(C)N(CCC(C)C)C1CC1. The zero-order chi connectivity index (χ0) is 13.5. The molecule has 0 radical (unpaired) electrons.